The van der Waals surface area contributed by atoms with Gasteiger partial charge in [0.25, 0.3) is 0 Å². The van der Waals surface area contributed by atoms with Crippen molar-refractivity contribution in [3.63, 3.8) is 0 Å². The Morgan fingerprint density at radius 2 is 1.84 bits per heavy atom. The largest absolute Gasteiger partial charge is 0.390 e. The Hall–Kier alpha value is -3.69. The van der Waals surface area contributed by atoms with Crippen LogP contribution < -0.4 is 0 Å². The van der Waals surface area contributed by atoms with Crippen molar-refractivity contribution < 1.29 is 28.0 Å². The Morgan fingerprint density at radius 1 is 1.09 bits per heavy atom. The van der Waals surface area contributed by atoms with Crippen molar-refractivity contribution in [2.24, 2.45) is 5.41 Å². The maximum absolute atomic E-state index is 14.3. The van der Waals surface area contributed by atoms with Crippen molar-refractivity contribution in [2.45, 2.75) is 82.8 Å². The van der Waals surface area contributed by atoms with Crippen LogP contribution in [0.5, 0.6) is 0 Å². The zero-order valence-electron chi connectivity index (χ0n) is 25.5. The summed E-state index contributed by atoms with van der Waals surface area (Å²) in [4.78, 5) is 33.0. The molecule has 2 aliphatic rings. The number of halogens is 2. The third-order valence-electron chi connectivity index (χ3n) is 9.68. The summed E-state index contributed by atoms with van der Waals surface area (Å²) in [6.45, 7) is 7.22. The molecule has 232 valence electrons. The molecular weight excluding hydrogens is 564 g/mol. The number of aliphatic hydroxyl groups is 1. The molecule has 9 heteroatoms. The number of nitrogens with zero attached hydrogens (tertiary/aromatic N) is 2. The van der Waals surface area contributed by atoms with Crippen LogP contribution in [0.1, 0.15) is 81.8 Å². The van der Waals surface area contributed by atoms with Crippen molar-refractivity contribution >= 4 is 22.5 Å². The summed E-state index contributed by atoms with van der Waals surface area (Å²) >= 11 is 0. The van der Waals surface area contributed by atoms with E-state index in [-0.39, 0.29) is 41.4 Å². The average molecular weight is 604 g/mol. The monoisotopic (exact) mass is 603 g/mol. The highest BCUT2D eigenvalue weighted by molar-refractivity contribution is 5.96. The number of hydrogen-bond donors (Lipinski definition) is 2. The maximum atomic E-state index is 14.3. The Kier molecular flexibility index (Phi) is 7.82. The minimum absolute atomic E-state index is 0.0187. The van der Waals surface area contributed by atoms with E-state index in [1.54, 1.807) is 0 Å². The van der Waals surface area contributed by atoms with Gasteiger partial charge in [-0.25, -0.2) is 8.78 Å². The number of H-pyrrole nitrogens is 1. The van der Waals surface area contributed by atoms with Gasteiger partial charge < -0.3 is 14.6 Å². The molecule has 0 amide bonds. The zero-order chi connectivity index (χ0) is 31.3. The number of hydrogen-bond acceptors (Lipinski definition) is 6. The number of likely N-dealkylation sites (tertiary alicyclic amines) is 1. The average Bonchev–Trinajstić information content (AvgIpc) is 3.61. The van der Waals surface area contributed by atoms with Crippen LogP contribution in [0.15, 0.2) is 59.3 Å². The van der Waals surface area contributed by atoms with Crippen LogP contribution in [0.3, 0.4) is 0 Å². The maximum Gasteiger partial charge on any atom is 0.185 e. The minimum atomic E-state index is -0.805. The molecule has 2 aromatic carbocycles. The lowest BCUT2D eigenvalue weighted by Gasteiger charge is -2.55. The molecule has 0 unspecified atom stereocenters. The van der Waals surface area contributed by atoms with E-state index >= 15 is 0 Å². The predicted molar refractivity (Wildman–Crippen MR) is 163 cm³/mol. The normalized spacial score (nSPS) is 22.2. The van der Waals surface area contributed by atoms with E-state index in [1.807, 2.05) is 31.3 Å². The second-order valence-corrected chi connectivity index (χ2v) is 14.0. The highest BCUT2D eigenvalue weighted by atomic mass is 19.1. The molecule has 1 aliphatic heterocycles. The SMILES string of the molecule is CC1(O)CCC(N2CC(CC(=O)CC(C)(C)c3cccc4cc[nH]c34)(CC(=O)c3cc(-c4ccc(F)cc4F)on3)C2)CC1. The lowest BCUT2D eigenvalue weighted by atomic mass is 9.68. The summed E-state index contributed by atoms with van der Waals surface area (Å²) in [6, 6.07) is 12.9. The Morgan fingerprint density at radius 3 is 2.57 bits per heavy atom. The van der Waals surface area contributed by atoms with E-state index in [4.69, 9.17) is 4.52 Å². The number of fused-ring (bicyclic) bond motifs is 1. The molecule has 0 atom stereocenters. The Labute approximate surface area is 255 Å². The molecule has 1 saturated heterocycles. The fourth-order valence-corrected chi connectivity index (χ4v) is 7.32. The number of ketones is 2. The number of nitrogens with one attached hydrogen (secondary N) is 1. The first-order valence-corrected chi connectivity index (χ1v) is 15.3. The van der Waals surface area contributed by atoms with Crippen LogP contribution in [0.4, 0.5) is 8.78 Å². The van der Waals surface area contributed by atoms with Crippen molar-refractivity contribution in [1.29, 1.82) is 0 Å². The standard InChI is InChI=1S/C35H39F2N3O4/c1-33(2,27-6-4-5-22-11-14-38-32(22)27)17-25(41)18-35(20-40(21-35)24-9-12-34(3,43)13-10-24)19-30(42)29-16-31(44-39-29)26-8-7-23(36)15-28(26)37/h4-8,11,14-16,24,38,43H,9-10,12-13,17-21H2,1-3H3. The molecule has 2 N–H and O–H groups in total. The Bertz CT molecular complexity index is 1690. The number of para-hydroxylation sites is 1. The van der Waals surface area contributed by atoms with Crippen LogP contribution in [0.25, 0.3) is 22.2 Å². The minimum Gasteiger partial charge on any atom is -0.390 e. The Balaban J connectivity index is 1.19. The predicted octanol–water partition coefficient (Wildman–Crippen LogP) is 7.00. The van der Waals surface area contributed by atoms with Gasteiger partial charge in [0.15, 0.2) is 11.5 Å². The van der Waals surface area contributed by atoms with Gasteiger partial charge in [-0.15, -0.1) is 0 Å². The van der Waals surface area contributed by atoms with E-state index in [1.165, 1.54) is 12.1 Å². The van der Waals surface area contributed by atoms with Crippen LogP contribution in [-0.4, -0.2) is 56.4 Å². The summed E-state index contributed by atoms with van der Waals surface area (Å²) < 4.78 is 33.0. The van der Waals surface area contributed by atoms with Gasteiger partial charge in [-0.1, -0.05) is 37.2 Å². The lowest BCUT2D eigenvalue weighted by Crippen LogP contribution is -2.62. The fraction of sp³-hybridized carbons (Fsp3) is 0.457. The molecule has 4 aromatic rings. The third-order valence-corrected chi connectivity index (χ3v) is 9.68. The van der Waals surface area contributed by atoms with Crippen molar-refractivity contribution in [2.75, 3.05) is 13.1 Å². The summed E-state index contributed by atoms with van der Waals surface area (Å²) in [6.07, 6.45) is 5.76. The van der Waals surface area contributed by atoms with E-state index in [2.05, 4.69) is 35.0 Å². The van der Waals surface area contributed by atoms with Gasteiger partial charge in [0, 0.05) is 67.7 Å². The summed E-state index contributed by atoms with van der Waals surface area (Å²) in [7, 11) is 0. The smallest absolute Gasteiger partial charge is 0.185 e. The number of rotatable bonds is 10. The van der Waals surface area contributed by atoms with Crippen molar-refractivity contribution in [3.05, 3.63) is 77.6 Å². The first-order valence-electron chi connectivity index (χ1n) is 15.3. The molecular formula is C35H39F2N3O4. The molecule has 1 saturated carbocycles. The lowest BCUT2D eigenvalue weighted by molar-refractivity contribution is -0.128. The second kappa shape index (κ2) is 11.3. The van der Waals surface area contributed by atoms with Gasteiger partial charge >= 0.3 is 0 Å². The highest BCUT2D eigenvalue weighted by Gasteiger charge is 2.49. The quantitative estimate of drug-likeness (QED) is 0.190. The molecule has 2 aromatic heterocycles. The molecule has 44 heavy (non-hydrogen) atoms. The van der Waals surface area contributed by atoms with Crippen LogP contribution in [-0.2, 0) is 10.2 Å². The number of carbonyl (C=O) groups excluding carboxylic acids is 2. The van der Waals surface area contributed by atoms with Gasteiger partial charge in [0.1, 0.15) is 23.1 Å². The number of Topliss-reactive ketones (excluding diaryl/α,β-unsaturated/α-hetero) is 2. The molecule has 0 spiro atoms. The van der Waals surface area contributed by atoms with Gasteiger partial charge in [0.05, 0.1) is 11.2 Å². The van der Waals surface area contributed by atoms with E-state index in [0.29, 0.717) is 25.6 Å². The van der Waals surface area contributed by atoms with E-state index in [9.17, 15) is 23.5 Å². The molecule has 2 fully saturated rings. The summed E-state index contributed by atoms with van der Waals surface area (Å²) in [5.41, 5.74) is 0.538. The van der Waals surface area contributed by atoms with Crippen molar-refractivity contribution in [1.82, 2.24) is 15.0 Å². The summed E-state index contributed by atoms with van der Waals surface area (Å²) in [5, 5.41) is 15.4. The van der Waals surface area contributed by atoms with Gasteiger partial charge in [-0.2, -0.15) is 0 Å². The topological polar surface area (TPSA) is 99.4 Å². The van der Waals surface area contributed by atoms with Gasteiger partial charge in [0.2, 0.25) is 0 Å². The number of aromatic nitrogens is 2. The highest BCUT2D eigenvalue weighted by Crippen LogP contribution is 2.44. The van der Waals surface area contributed by atoms with Crippen LogP contribution in [0, 0.1) is 17.0 Å². The van der Waals surface area contributed by atoms with Crippen molar-refractivity contribution in [3.8, 4) is 11.3 Å². The first-order chi connectivity index (χ1) is 20.8. The van der Waals surface area contributed by atoms with E-state index in [0.717, 1.165) is 54.3 Å². The number of benzene rings is 2. The summed E-state index contributed by atoms with van der Waals surface area (Å²) in [5.74, 6) is -1.66. The zero-order valence-corrected chi connectivity index (χ0v) is 25.5. The third kappa shape index (κ3) is 6.13. The molecule has 1 aliphatic carbocycles. The van der Waals surface area contributed by atoms with Gasteiger partial charge in [-0.3, -0.25) is 14.5 Å². The van der Waals surface area contributed by atoms with Crippen LogP contribution in [0.2, 0.25) is 0 Å². The molecule has 0 radical (unpaired) electrons. The molecule has 3 heterocycles. The molecule has 7 nitrogen and oxygen atoms in total. The number of carbonyl (C=O) groups is 2. The molecule has 6 rings (SSSR count). The van der Waals surface area contributed by atoms with E-state index < -0.39 is 28.1 Å². The second-order valence-electron chi connectivity index (χ2n) is 14.0. The van der Waals surface area contributed by atoms with Gasteiger partial charge in [-0.05, 0) is 67.2 Å². The van der Waals surface area contributed by atoms with Crippen LogP contribution >= 0.6 is 0 Å². The first kappa shape index (κ1) is 30.3. The fourth-order valence-electron chi connectivity index (χ4n) is 7.32. The number of aromatic amines is 1. The molecule has 0 bridgehead atoms.